The van der Waals surface area contributed by atoms with Crippen LogP contribution in [0, 0.1) is 16.7 Å². The van der Waals surface area contributed by atoms with E-state index >= 15 is 0 Å². The van der Waals surface area contributed by atoms with E-state index in [1.807, 2.05) is 44.7 Å². The molecule has 4 atom stereocenters. The summed E-state index contributed by atoms with van der Waals surface area (Å²) in [5.74, 6) is -0.996. The minimum atomic E-state index is -0.679. The fourth-order valence-electron chi connectivity index (χ4n) is 7.21. The number of nitrogens with one attached hydrogen (secondary N) is 1. The molecule has 2 heterocycles. The van der Waals surface area contributed by atoms with Gasteiger partial charge in [0.2, 0.25) is 17.7 Å². The number of likely N-dealkylation sites (N-methyl/N-ethyl adjacent to an activating group) is 1. The highest BCUT2D eigenvalue weighted by molar-refractivity contribution is 6.30. The van der Waals surface area contributed by atoms with Gasteiger partial charge in [-0.15, -0.1) is 0 Å². The number of hydrogen-bond acceptors (Lipinski definition) is 4. The van der Waals surface area contributed by atoms with Crippen molar-refractivity contribution in [1.29, 1.82) is 0 Å². The lowest BCUT2D eigenvalue weighted by molar-refractivity contribution is -0.147. The van der Waals surface area contributed by atoms with Gasteiger partial charge < -0.3 is 24.9 Å². The number of benzene rings is 1. The molecule has 0 radical (unpaired) electrons. The summed E-state index contributed by atoms with van der Waals surface area (Å²) in [6.07, 6.45) is 4.29. The van der Waals surface area contributed by atoms with Gasteiger partial charge in [-0.25, -0.2) is 4.79 Å². The molecule has 0 unspecified atom stereocenters. The predicted molar refractivity (Wildman–Crippen MR) is 173 cm³/mol. The summed E-state index contributed by atoms with van der Waals surface area (Å²) in [7, 11) is 3.42. The quantitative estimate of drug-likeness (QED) is 0.480. The highest BCUT2D eigenvalue weighted by Gasteiger charge is 2.51. The maximum Gasteiger partial charge on any atom is 0.317 e. The summed E-state index contributed by atoms with van der Waals surface area (Å²) in [5.41, 5.74) is 0.576. The van der Waals surface area contributed by atoms with Crippen molar-refractivity contribution < 1.29 is 19.2 Å². The van der Waals surface area contributed by atoms with Crippen LogP contribution in [0.1, 0.15) is 85.1 Å². The third kappa shape index (κ3) is 7.35. The molecule has 244 valence electrons. The van der Waals surface area contributed by atoms with Crippen LogP contribution in [0.3, 0.4) is 0 Å². The van der Waals surface area contributed by atoms with Crippen molar-refractivity contribution in [3.8, 4) is 0 Å². The molecule has 1 saturated carbocycles. The molecule has 4 rings (SSSR count). The molecule has 0 aromatic heterocycles. The standard InChI is InChI=1S/C34H52ClN5O4/c1-9-36-32(44)38-20-26(22-10-12-23(35)13-11-22)27(21-38)29(41)39-19-25(18-28(39)30(42)37(7)8)40(31(43)33(2,3)4)24-14-16-34(5,6)17-15-24/h10-13,24-28H,9,14-21H2,1-8H3,(H,36,44)/t25-,26-,27+,28-/m0/s1. The first-order valence-corrected chi connectivity index (χ1v) is 16.5. The molecular formula is C34H52ClN5O4. The largest absolute Gasteiger partial charge is 0.347 e. The smallest absolute Gasteiger partial charge is 0.317 e. The maximum absolute atomic E-state index is 14.6. The van der Waals surface area contributed by atoms with Crippen LogP contribution in [0.5, 0.6) is 0 Å². The normalized spacial score (nSPS) is 25.6. The number of likely N-dealkylation sites (tertiary alicyclic amines) is 2. The van der Waals surface area contributed by atoms with Crippen molar-refractivity contribution in [1.82, 2.24) is 24.9 Å². The van der Waals surface area contributed by atoms with Gasteiger partial charge >= 0.3 is 6.03 Å². The van der Waals surface area contributed by atoms with Crippen molar-refractivity contribution in [3.05, 3.63) is 34.9 Å². The van der Waals surface area contributed by atoms with Crippen LogP contribution in [0.25, 0.3) is 0 Å². The van der Waals surface area contributed by atoms with Crippen LogP contribution in [0.2, 0.25) is 5.02 Å². The molecule has 2 saturated heterocycles. The molecule has 1 N–H and O–H groups in total. The Balaban J connectivity index is 1.68. The van der Waals surface area contributed by atoms with Crippen molar-refractivity contribution in [3.63, 3.8) is 0 Å². The zero-order valence-electron chi connectivity index (χ0n) is 27.9. The number of urea groups is 1. The molecule has 1 aromatic rings. The molecule has 5 amide bonds. The molecule has 2 aliphatic heterocycles. The molecule has 10 heteroatoms. The fourth-order valence-corrected chi connectivity index (χ4v) is 7.34. The van der Waals surface area contributed by atoms with Crippen LogP contribution in [0.15, 0.2) is 24.3 Å². The second kappa shape index (κ2) is 13.3. The van der Waals surface area contributed by atoms with Crippen molar-refractivity contribution >= 4 is 35.4 Å². The van der Waals surface area contributed by atoms with Crippen LogP contribution in [-0.2, 0) is 14.4 Å². The first kappa shape index (κ1) is 34.1. The summed E-state index contributed by atoms with van der Waals surface area (Å²) in [5, 5.41) is 3.47. The van der Waals surface area contributed by atoms with E-state index in [0.29, 0.717) is 31.1 Å². The van der Waals surface area contributed by atoms with Gasteiger partial charge in [0.05, 0.1) is 12.0 Å². The first-order chi connectivity index (χ1) is 20.5. The monoisotopic (exact) mass is 629 g/mol. The Hall–Kier alpha value is -2.81. The molecule has 0 bridgehead atoms. The van der Waals surface area contributed by atoms with Gasteiger partial charge in [0.1, 0.15) is 6.04 Å². The number of hydrogen-bond donors (Lipinski definition) is 1. The van der Waals surface area contributed by atoms with E-state index in [1.165, 1.54) is 0 Å². The summed E-state index contributed by atoms with van der Waals surface area (Å²) in [6, 6.07) is 6.37. The van der Waals surface area contributed by atoms with E-state index < -0.39 is 17.4 Å². The third-order valence-electron chi connectivity index (χ3n) is 9.81. The van der Waals surface area contributed by atoms with Gasteiger partial charge in [0.25, 0.3) is 0 Å². The third-order valence-corrected chi connectivity index (χ3v) is 10.1. The van der Waals surface area contributed by atoms with E-state index in [4.69, 9.17) is 11.6 Å². The van der Waals surface area contributed by atoms with Crippen LogP contribution < -0.4 is 5.32 Å². The Morgan fingerprint density at radius 2 is 1.59 bits per heavy atom. The molecular weight excluding hydrogens is 578 g/mol. The lowest BCUT2D eigenvalue weighted by Crippen LogP contribution is -2.54. The first-order valence-electron chi connectivity index (χ1n) is 16.2. The number of amides is 5. The van der Waals surface area contributed by atoms with Gasteiger partial charge in [0.15, 0.2) is 0 Å². The maximum atomic E-state index is 14.6. The molecule has 1 aliphatic carbocycles. The highest BCUT2D eigenvalue weighted by Crippen LogP contribution is 2.41. The summed E-state index contributed by atoms with van der Waals surface area (Å²) in [6.45, 7) is 13.7. The predicted octanol–water partition coefficient (Wildman–Crippen LogP) is 4.99. The van der Waals surface area contributed by atoms with Gasteiger partial charge in [-0.3, -0.25) is 14.4 Å². The van der Waals surface area contributed by atoms with E-state index in [1.54, 1.807) is 40.9 Å². The topological polar surface area (TPSA) is 93.3 Å². The number of carbonyl (C=O) groups is 4. The van der Waals surface area contributed by atoms with Gasteiger partial charge in [0, 0.05) is 62.7 Å². The molecule has 3 aliphatic rings. The number of rotatable bonds is 6. The minimum absolute atomic E-state index is 0.0693. The van der Waals surface area contributed by atoms with Gasteiger partial charge in [-0.1, -0.05) is 58.4 Å². The number of halogens is 1. The Morgan fingerprint density at radius 1 is 0.977 bits per heavy atom. The molecule has 9 nitrogen and oxygen atoms in total. The molecule has 44 heavy (non-hydrogen) atoms. The van der Waals surface area contributed by atoms with Crippen LogP contribution in [-0.4, -0.2) is 102 Å². The minimum Gasteiger partial charge on any atom is -0.347 e. The average Bonchev–Trinajstić information content (AvgIpc) is 3.59. The van der Waals surface area contributed by atoms with Gasteiger partial charge in [-0.2, -0.15) is 0 Å². The fraction of sp³-hybridized carbons (Fsp3) is 0.706. The van der Waals surface area contributed by atoms with Crippen molar-refractivity contribution in [2.45, 2.75) is 97.7 Å². The zero-order valence-corrected chi connectivity index (χ0v) is 28.6. The molecule has 3 fully saturated rings. The number of nitrogens with zero attached hydrogens (tertiary/aromatic N) is 4. The summed E-state index contributed by atoms with van der Waals surface area (Å²) in [4.78, 5) is 62.3. The summed E-state index contributed by atoms with van der Waals surface area (Å²) >= 11 is 6.18. The van der Waals surface area contributed by atoms with E-state index in [2.05, 4.69) is 19.2 Å². The highest BCUT2D eigenvalue weighted by atomic mass is 35.5. The second-order valence-corrected chi connectivity index (χ2v) is 15.4. The average molecular weight is 630 g/mol. The Bertz CT molecular complexity index is 1220. The van der Waals surface area contributed by atoms with Gasteiger partial charge in [-0.05, 0) is 62.1 Å². The second-order valence-electron chi connectivity index (χ2n) is 15.0. The SMILES string of the molecule is CCNC(=O)N1C[C@@H](C(=O)N2C[C@@H](N(C(=O)C(C)(C)C)C3CCC(C)(C)CC3)C[C@H]2C(=O)N(C)C)[C@H](c2ccc(Cl)cc2)C1. The van der Waals surface area contributed by atoms with Crippen molar-refractivity contribution in [2.75, 3.05) is 40.3 Å². The van der Waals surface area contributed by atoms with Crippen LogP contribution in [0.4, 0.5) is 4.79 Å². The lowest BCUT2D eigenvalue weighted by atomic mass is 9.74. The van der Waals surface area contributed by atoms with E-state index in [0.717, 1.165) is 31.2 Å². The Kier molecular flexibility index (Phi) is 10.3. The Morgan fingerprint density at radius 3 is 2.14 bits per heavy atom. The summed E-state index contributed by atoms with van der Waals surface area (Å²) < 4.78 is 0. The van der Waals surface area contributed by atoms with E-state index in [9.17, 15) is 19.2 Å². The lowest BCUT2D eigenvalue weighted by Gasteiger charge is -2.45. The zero-order chi connectivity index (χ0) is 32.6. The van der Waals surface area contributed by atoms with Crippen molar-refractivity contribution in [2.24, 2.45) is 16.7 Å². The Labute approximate surface area is 268 Å². The molecule has 0 spiro atoms. The number of carbonyl (C=O) groups excluding carboxylic acids is 4. The van der Waals surface area contributed by atoms with E-state index in [-0.39, 0.29) is 53.7 Å². The molecule has 1 aromatic carbocycles. The van der Waals surface area contributed by atoms with Crippen LogP contribution >= 0.6 is 11.6 Å².